The molecule has 2 aliphatic rings. The Morgan fingerprint density at radius 1 is 1.11 bits per heavy atom. The second-order valence-corrected chi connectivity index (χ2v) is 5.86. The Kier molecular flexibility index (Phi) is 2.82. The Balaban J connectivity index is 1.73. The highest BCUT2D eigenvalue weighted by molar-refractivity contribution is 5.83. The topological polar surface area (TPSA) is 31.1 Å². The Labute approximate surface area is 114 Å². The molecule has 1 aliphatic heterocycles. The molecule has 0 radical (unpaired) electrons. The maximum absolute atomic E-state index is 3.46. The van der Waals surface area contributed by atoms with E-state index in [4.69, 9.17) is 0 Å². The molecule has 3 nitrogen and oxygen atoms in total. The molecule has 1 aromatic heterocycles. The van der Waals surface area contributed by atoms with Crippen LogP contribution in [0.1, 0.15) is 24.4 Å². The van der Waals surface area contributed by atoms with Crippen molar-refractivity contribution in [2.75, 3.05) is 26.2 Å². The van der Waals surface area contributed by atoms with Crippen molar-refractivity contribution < 1.29 is 0 Å². The molecule has 100 valence electrons. The molecule has 0 spiro atoms. The quantitative estimate of drug-likeness (QED) is 0.883. The molecule has 0 amide bonds. The third kappa shape index (κ3) is 2.07. The lowest BCUT2D eigenvalue weighted by atomic mass is 9.99. The first kappa shape index (κ1) is 11.5. The van der Waals surface area contributed by atoms with Crippen LogP contribution in [0.4, 0.5) is 0 Å². The van der Waals surface area contributed by atoms with E-state index in [-0.39, 0.29) is 0 Å². The standard InChI is InChI=1S/C16H21N3/c1-2-4-15-13(3-1)14(11-18-15)16(12-5-6-12)19-9-7-17-8-10-19/h1-4,11-12,16-18H,5-10H2/t16-/m0/s1. The number of nitrogens with one attached hydrogen (secondary N) is 2. The third-order valence-corrected chi connectivity index (χ3v) is 4.55. The maximum Gasteiger partial charge on any atom is 0.0457 e. The Morgan fingerprint density at radius 2 is 1.89 bits per heavy atom. The van der Waals surface area contributed by atoms with Crippen molar-refractivity contribution in [1.29, 1.82) is 0 Å². The first-order valence-electron chi connectivity index (χ1n) is 7.44. The summed E-state index contributed by atoms with van der Waals surface area (Å²) in [6, 6.07) is 9.33. The van der Waals surface area contributed by atoms with E-state index in [0.717, 1.165) is 19.0 Å². The van der Waals surface area contributed by atoms with Gasteiger partial charge < -0.3 is 10.3 Å². The Morgan fingerprint density at radius 3 is 2.68 bits per heavy atom. The van der Waals surface area contributed by atoms with Crippen LogP contribution in [0.15, 0.2) is 30.5 Å². The molecular weight excluding hydrogens is 234 g/mol. The summed E-state index contributed by atoms with van der Waals surface area (Å²) in [7, 11) is 0. The lowest BCUT2D eigenvalue weighted by Crippen LogP contribution is -2.45. The van der Waals surface area contributed by atoms with Crippen LogP contribution >= 0.6 is 0 Å². The zero-order chi connectivity index (χ0) is 12.7. The van der Waals surface area contributed by atoms with Crippen LogP contribution in [-0.2, 0) is 0 Å². The molecule has 1 saturated heterocycles. The van der Waals surface area contributed by atoms with Crippen LogP contribution in [-0.4, -0.2) is 36.1 Å². The van der Waals surface area contributed by atoms with Crippen molar-refractivity contribution in [3.8, 4) is 0 Å². The van der Waals surface area contributed by atoms with E-state index >= 15 is 0 Å². The number of H-pyrrole nitrogens is 1. The molecule has 3 heteroatoms. The highest BCUT2D eigenvalue weighted by atomic mass is 15.2. The van der Waals surface area contributed by atoms with Crippen LogP contribution in [0.2, 0.25) is 0 Å². The van der Waals surface area contributed by atoms with Crippen molar-refractivity contribution in [1.82, 2.24) is 15.2 Å². The van der Waals surface area contributed by atoms with Gasteiger partial charge in [0.15, 0.2) is 0 Å². The Hall–Kier alpha value is -1.32. The minimum atomic E-state index is 0.623. The fraction of sp³-hybridized carbons (Fsp3) is 0.500. The lowest BCUT2D eigenvalue weighted by molar-refractivity contribution is 0.157. The van der Waals surface area contributed by atoms with E-state index in [1.54, 1.807) is 0 Å². The molecule has 2 N–H and O–H groups in total. The van der Waals surface area contributed by atoms with Gasteiger partial charge in [-0.2, -0.15) is 0 Å². The van der Waals surface area contributed by atoms with Gasteiger partial charge >= 0.3 is 0 Å². The van der Waals surface area contributed by atoms with Gasteiger partial charge in [-0.1, -0.05) is 18.2 Å². The largest absolute Gasteiger partial charge is 0.361 e. The third-order valence-electron chi connectivity index (χ3n) is 4.55. The number of hydrogen-bond donors (Lipinski definition) is 2. The smallest absolute Gasteiger partial charge is 0.0457 e. The van der Waals surface area contributed by atoms with Gasteiger partial charge in [-0.15, -0.1) is 0 Å². The summed E-state index contributed by atoms with van der Waals surface area (Å²) in [4.78, 5) is 6.13. The molecule has 2 heterocycles. The predicted molar refractivity (Wildman–Crippen MR) is 78.2 cm³/mol. The summed E-state index contributed by atoms with van der Waals surface area (Å²) >= 11 is 0. The van der Waals surface area contributed by atoms with E-state index in [2.05, 4.69) is 45.7 Å². The van der Waals surface area contributed by atoms with Crippen molar-refractivity contribution >= 4 is 10.9 Å². The summed E-state index contributed by atoms with van der Waals surface area (Å²) < 4.78 is 0. The van der Waals surface area contributed by atoms with Gasteiger partial charge in [0.05, 0.1) is 0 Å². The average Bonchev–Trinajstić information content (AvgIpc) is 3.21. The monoisotopic (exact) mass is 255 g/mol. The minimum absolute atomic E-state index is 0.623. The molecule has 19 heavy (non-hydrogen) atoms. The molecule has 0 bridgehead atoms. The number of hydrogen-bond acceptors (Lipinski definition) is 2. The van der Waals surface area contributed by atoms with Gasteiger partial charge in [-0.25, -0.2) is 0 Å². The molecule has 1 atom stereocenters. The number of rotatable bonds is 3. The highest BCUT2D eigenvalue weighted by Gasteiger charge is 2.37. The number of benzene rings is 1. The number of nitrogens with zero attached hydrogens (tertiary/aromatic N) is 1. The zero-order valence-electron chi connectivity index (χ0n) is 11.2. The second-order valence-electron chi connectivity index (χ2n) is 5.86. The fourth-order valence-electron chi connectivity index (χ4n) is 3.46. The zero-order valence-corrected chi connectivity index (χ0v) is 11.2. The number of aromatic nitrogens is 1. The van der Waals surface area contributed by atoms with E-state index in [1.165, 1.54) is 42.4 Å². The molecule has 4 rings (SSSR count). The van der Waals surface area contributed by atoms with Crippen molar-refractivity contribution in [3.05, 3.63) is 36.0 Å². The lowest BCUT2D eigenvalue weighted by Gasteiger charge is -2.35. The van der Waals surface area contributed by atoms with Gasteiger partial charge in [-0.05, 0) is 30.4 Å². The van der Waals surface area contributed by atoms with Crippen LogP contribution in [0, 0.1) is 5.92 Å². The van der Waals surface area contributed by atoms with E-state index in [1.807, 2.05) is 0 Å². The summed E-state index contributed by atoms with van der Waals surface area (Å²) in [5.41, 5.74) is 2.79. The summed E-state index contributed by atoms with van der Waals surface area (Å²) in [6.07, 6.45) is 5.04. The number of para-hydroxylation sites is 1. The SMILES string of the molecule is c1ccc2c([C@H](C3CC3)N3CCNCC3)c[nH]c2c1. The number of fused-ring (bicyclic) bond motifs is 1. The molecule has 1 aromatic carbocycles. The maximum atomic E-state index is 3.46. The van der Waals surface area contributed by atoms with Gasteiger partial charge in [0, 0.05) is 49.3 Å². The Bertz CT molecular complexity index is 564. The van der Waals surface area contributed by atoms with Gasteiger partial charge in [0.1, 0.15) is 0 Å². The van der Waals surface area contributed by atoms with Gasteiger partial charge in [-0.3, -0.25) is 4.90 Å². The highest BCUT2D eigenvalue weighted by Crippen LogP contribution is 2.46. The molecule has 1 aliphatic carbocycles. The summed E-state index contributed by atoms with van der Waals surface area (Å²) in [6.45, 7) is 4.62. The molecule has 2 aromatic rings. The summed E-state index contributed by atoms with van der Waals surface area (Å²) in [5.74, 6) is 0.873. The number of piperazine rings is 1. The van der Waals surface area contributed by atoms with E-state index in [9.17, 15) is 0 Å². The second kappa shape index (κ2) is 4.66. The predicted octanol–water partition coefficient (Wildman–Crippen LogP) is 2.52. The number of aromatic amines is 1. The van der Waals surface area contributed by atoms with E-state index < -0.39 is 0 Å². The van der Waals surface area contributed by atoms with Gasteiger partial charge in [0.2, 0.25) is 0 Å². The molecule has 1 saturated carbocycles. The first-order valence-corrected chi connectivity index (χ1v) is 7.44. The van der Waals surface area contributed by atoms with Crippen molar-refractivity contribution in [2.24, 2.45) is 5.92 Å². The fourth-order valence-corrected chi connectivity index (χ4v) is 3.46. The normalized spacial score (nSPS) is 22.7. The van der Waals surface area contributed by atoms with Crippen molar-refractivity contribution in [3.63, 3.8) is 0 Å². The minimum Gasteiger partial charge on any atom is -0.361 e. The summed E-state index contributed by atoms with van der Waals surface area (Å²) in [5, 5.41) is 4.88. The van der Waals surface area contributed by atoms with Crippen molar-refractivity contribution in [2.45, 2.75) is 18.9 Å². The molecule has 2 fully saturated rings. The average molecular weight is 255 g/mol. The molecule has 0 unspecified atom stereocenters. The van der Waals surface area contributed by atoms with Crippen LogP contribution in [0.3, 0.4) is 0 Å². The first-order chi connectivity index (χ1) is 9.43. The van der Waals surface area contributed by atoms with Crippen LogP contribution in [0.5, 0.6) is 0 Å². The van der Waals surface area contributed by atoms with Crippen LogP contribution < -0.4 is 5.32 Å². The van der Waals surface area contributed by atoms with Crippen LogP contribution in [0.25, 0.3) is 10.9 Å². The van der Waals surface area contributed by atoms with Gasteiger partial charge in [0.25, 0.3) is 0 Å². The molecular formula is C16H21N3. The van der Waals surface area contributed by atoms with E-state index in [0.29, 0.717) is 6.04 Å².